The number of hydrogen-bond acceptors (Lipinski definition) is 6. The van der Waals surface area contributed by atoms with Crippen LogP contribution in [0.5, 0.6) is 0 Å². The standard InChI is InChI=1S/C72H116O6/c1-4-7-10-13-16-18-20-22-24-26-28-30-31-32-33-34-35-36-37-38-39-40-41-43-44-46-48-50-52-54-56-59-62-65-71(74)77-68-69(67-76-70(73)64-61-58-15-12-9-6-3)78-72(75)66-63-60-57-55-53-51-49-47-45-42-29-27-25-23-21-19-17-14-11-8-5-2/h7-8,10-11,16-19,22-25,28-30,32-33,35-36,42,47,49,53,55,69H,4-6,9,12-15,20-21,26-27,31,34,37-41,43-46,48,50-52,54,56-68H2,1-3H3/b10-7-,11-8-,18-16-,19-17-,24-22-,25-23-,30-28-,33-32-,36-35-,42-29-,49-47-,55-53-. The molecule has 0 aliphatic heterocycles. The molecule has 0 N–H and O–H groups in total. The predicted molar refractivity (Wildman–Crippen MR) is 339 cm³/mol. The lowest BCUT2D eigenvalue weighted by Gasteiger charge is -2.18. The first-order chi connectivity index (χ1) is 38.5. The summed E-state index contributed by atoms with van der Waals surface area (Å²) in [5, 5.41) is 0. The molecule has 0 aromatic carbocycles. The van der Waals surface area contributed by atoms with Crippen LogP contribution in [0.15, 0.2) is 146 Å². The molecule has 0 saturated heterocycles. The van der Waals surface area contributed by atoms with Gasteiger partial charge in [-0.1, -0.05) is 276 Å². The second-order valence-corrected chi connectivity index (χ2v) is 20.6. The monoisotopic (exact) mass is 1080 g/mol. The molecule has 6 nitrogen and oxygen atoms in total. The lowest BCUT2D eigenvalue weighted by Crippen LogP contribution is -2.30. The van der Waals surface area contributed by atoms with E-state index in [1.807, 2.05) is 0 Å². The van der Waals surface area contributed by atoms with Gasteiger partial charge in [0.2, 0.25) is 0 Å². The van der Waals surface area contributed by atoms with E-state index >= 15 is 0 Å². The lowest BCUT2D eigenvalue weighted by molar-refractivity contribution is -0.167. The molecular weight excluding hydrogens is 961 g/mol. The van der Waals surface area contributed by atoms with Crippen molar-refractivity contribution in [1.82, 2.24) is 0 Å². The Morgan fingerprint density at radius 3 is 0.808 bits per heavy atom. The second-order valence-electron chi connectivity index (χ2n) is 20.6. The Morgan fingerprint density at radius 2 is 0.500 bits per heavy atom. The van der Waals surface area contributed by atoms with E-state index < -0.39 is 6.10 Å². The Bertz CT molecular complexity index is 1710. The minimum atomic E-state index is -0.803. The Labute approximate surface area is 480 Å². The normalized spacial score (nSPS) is 13.1. The largest absolute Gasteiger partial charge is 0.462 e. The van der Waals surface area contributed by atoms with E-state index in [9.17, 15) is 14.4 Å². The molecule has 1 atom stereocenters. The number of hydrogen-bond donors (Lipinski definition) is 0. The summed E-state index contributed by atoms with van der Waals surface area (Å²) in [4.78, 5) is 38.0. The van der Waals surface area contributed by atoms with Crippen LogP contribution in [-0.2, 0) is 28.6 Å². The van der Waals surface area contributed by atoms with Gasteiger partial charge >= 0.3 is 17.9 Å². The summed E-state index contributed by atoms with van der Waals surface area (Å²) in [5.41, 5.74) is 0. The van der Waals surface area contributed by atoms with Crippen LogP contribution in [0.3, 0.4) is 0 Å². The first-order valence-corrected chi connectivity index (χ1v) is 31.8. The molecule has 78 heavy (non-hydrogen) atoms. The fourth-order valence-electron chi connectivity index (χ4n) is 8.39. The summed E-state index contributed by atoms with van der Waals surface area (Å²) in [7, 11) is 0. The number of allylic oxidation sites excluding steroid dienone is 24. The fourth-order valence-corrected chi connectivity index (χ4v) is 8.39. The van der Waals surface area contributed by atoms with Gasteiger partial charge in [-0.05, 0) is 122 Å². The summed E-state index contributed by atoms with van der Waals surface area (Å²) in [5.74, 6) is -0.954. The molecule has 0 fully saturated rings. The third-order valence-electron chi connectivity index (χ3n) is 13.1. The summed E-state index contributed by atoms with van der Waals surface area (Å²) in [6.07, 6.45) is 93.2. The van der Waals surface area contributed by atoms with E-state index in [0.29, 0.717) is 19.3 Å². The van der Waals surface area contributed by atoms with Gasteiger partial charge in [-0.25, -0.2) is 0 Å². The predicted octanol–water partition coefficient (Wildman–Crippen LogP) is 21.9. The zero-order valence-electron chi connectivity index (χ0n) is 50.4. The van der Waals surface area contributed by atoms with Crippen LogP contribution in [-0.4, -0.2) is 37.2 Å². The minimum Gasteiger partial charge on any atom is -0.462 e. The van der Waals surface area contributed by atoms with E-state index in [4.69, 9.17) is 14.2 Å². The Kier molecular flexibility index (Phi) is 60.9. The van der Waals surface area contributed by atoms with E-state index in [1.165, 1.54) is 96.3 Å². The molecule has 0 bridgehead atoms. The van der Waals surface area contributed by atoms with Gasteiger partial charge in [-0.2, -0.15) is 0 Å². The van der Waals surface area contributed by atoms with Crippen molar-refractivity contribution in [2.24, 2.45) is 0 Å². The summed E-state index contributed by atoms with van der Waals surface area (Å²) in [6.45, 7) is 6.31. The lowest BCUT2D eigenvalue weighted by atomic mass is 10.0. The number of rotatable bonds is 56. The number of carbonyl (C=O) groups is 3. The highest BCUT2D eigenvalue weighted by atomic mass is 16.6. The molecule has 0 saturated carbocycles. The number of carbonyl (C=O) groups excluding carboxylic acids is 3. The quantitative estimate of drug-likeness (QED) is 0.0261. The molecule has 0 aromatic heterocycles. The molecule has 0 radical (unpaired) electrons. The topological polar surface area (TPSA) is 78.9 Å². The van der Waals surface area contributed by atoms with Crippen molar-refractivity contribution in [3.63, 3.8) is 0 Å². The maximum absolute atomic E-state index is 12.8. The molecule has 0 rings (SSSR count). The average Bonchev–Trinajstić information content (AvgIpc) is 3.44. The van der Waals surface area contributed by atoms with Gasteiger partial charge in [0.05, 0.1) is 0 Å². The highest BCUT2D eigenvalue weighted by Crippen LogP contribution is 2.15. The highest BCUT2D eigenvalue weighted by Gasteiger charge is 2.19. The van der Waals surface area contributed by atoms with Crippen LogP contribution >= 0.6 is 0 Å². The van der Waals surface area contributed by atoms with E-state index in [2.05, 4.69) is 167 Å². The number of unbranched alkanes of at least 4 members (excludes halogenated alkanes) is 21. The first kappa shape index (κ1) is 73.3. The SMILES string of the molecule is CC/C=C\C/C=C\C/C=C\C/C=C\C/C=C\C/C=C\CCCCCCCCCCCCCCCCC(=O)OCC(COC(=O)CCCCCCCC)OC(=O)CCCC/C=C\C/C=C\C/C=C\C/C=C\C/C=C\C/C=C\CC. The van der Waals surface area contributed by atoms with Crippen molar-refractivity contribution in [3.05, 3.63) is 146 Å². The first-order valence-electron chi connectivity index (χ1n) is 31.8. The van der Waals surface area contributed by atoms with Crippen LogP contribution < -0.4 is 0 Å². The molecule has 0 aliphatic rings. The molecule has 1 unspecified atom stereocenters. The Morgan fingerprint density at radius 1 is 0.269 bits per heavy atom. The Hall–Kier alpha value is -4.71. The van der Waals surface area contributed by atoms with Crippen molar-refractivity contribution in [1.29, 1.82) is 0 Å². The van der Waals surface area contributed by atoms with Crippen molar-refractivity contribution >= 4 is 17.9 Å². The third-order valence-corrected chi connectivity index (χ3v) is 13.1. The molecule has 0 spiro atoms. The maximum Gasteiger partial charge on any atom is 0.306 e. The van der Waals surface area contributed by atoms with Crippen LogP contribution in [0.25, 0.3) is 0 Å². The van der Waals surface area contributed by atoms with Crippen molar-refractivity contribution in [3.8, 4) is 0 Å². The van der Waals surface area contributed by atoms with Gasteiger partial charge in [-0.15, -0.1) is 0 Å². The van der Waals surface area contributed by atoms with Crippen molar-refractivity contribution < 1.29 is 28.6 Å². The van der Waals surface area contributed by atoms with Crippen LogP contribution in [0.2, 0.25) is 0 Å². The smallest absolute Gasteiger partial charge is 0.306 e. The van der Waals surface area contributed by atoms with Crippen LogP contribution in [0, 0.1) is 0 Å². The van der Waals surface area contributed by atoms with Crippen molar-refractivity contribution in [2.45, 2.75) is 277 Å². The maximum atomic E-state index is 12.8. The summed E-state index contributed by atoms with van der Waals surface area (Å²) < 4.78 is 16.8. The zero-order chi connectivity index (χ0) is 56.4. The zero-order valence-corrected chi connectivity index (χ0v) is 50.4. The van der Waals surface area contributed by atoms with Gasteiger partial charge in [-0.3, -0.25) is 14.4 Å². The molecule has 0 amide bonds. The average molecular weight is 1080 g/mol. The van der Waals surface area contributed by atoms with Gasteiger partial charge in [0, 0.05) is 19.3 Å². The van der Waals surface area contributed by atoms with Gasteiger partial charge in [0.15, 0.2) is 6.10 Å². The third kappa shape index (κ3) is 62.1. The summed E-state index contributed by atoms with van der Waals surface area (Å²) in [6, 6.07) is 0. The van der Waals surface area contributed by atoms with E-state index in [0.717, 1.165) is 128 Å². The van der Waals surface area contributed by atoms with E-state index in [1.54, 1.807) is 0 Å². The van der Waals surface area contributed by atoms with Crippen LogP contribution in [0.4, 0.5) is 0 Å². The summed E-state index contributed by atoms with van der Waals surface area (Å²) >= 11 is 0. The Balaban J connectivity index is 4.13. The fraction of sp³-hybridized carbons (Fsp3) is 0.625. The van der Waals surface area contributed by atoms with Gasteiger partial charge in [0.25, 0.3) is 0 Å². The number of esters is 3. The number of ether oxygens (including phenoxy) is 3. The van der Waals surface area contributed by atoms with Crippen LogP contribution in [0.1, 0.15) is 271 Å². The molecular formula is C72H116O6. The molecule has 6 heteroatoms. The van der Waals surface area contributed by atoms with Gasteiger partial charge < -0.3 is 14.2 Å². The second kappa shape index (κ2) is 64.8. The molecule has 440 valence electrons. The van der Waals surface area contributed by atoms with E-state index in [-0.39, 0.29) is 37.5 Å². The van der Waals surface area contributed by atoms with Crippen molar-refractivity contribution in [2.75, 3.05) is 13.2 Å². The molecule has 0 aromatic rings. The highest BCUT2D eigenvalue weighted by molar-refractivity contribution is 5.71. The molecule has 0 aliphatic carbocycles. The minimum absolute atomic E-state index is 0.0987. The molecule has 0 heterocycles. The van der Waals surface area contributed by atoms with Gasteiger partial charge in [0.1, 0.15) is 13.2 Å².